The summed E-state index contributed by atoms with van der Waals surface area (Å²) in [5.74, 6) is -3.26. The predicted molar refractivity (Wildman–Crippen MR) is 70.7 cm³/mol. The van der Waals surface area contributed by atoms with E-state index in [1.54, 1.807) is 0 Å². The number of rotatable bonds is 5. The number of halogens is 1. The van der Waals surface area contributed by atoms with Gasteiger partial charge in [-0.25, -0.2) is 9.18 Å². The average Bonchev–Trinajstić information content (AvgIpc) is 2.95. The highest BCUT2D eigenvalue weighted by atomic mass is 19.1. The molecule has 0 saturated carbocycles. The van der Waals surface area contributed by atoms with Gasteiger partial charge in [-0.3, -0.25) is 14.9 Å². The van der Waals surface area contributed by atoms with Crippen molar-refractivity contribution in [3.63, 3.8) is 0 Å². The second-order valence-electron chi connectivity index (χ2n) is 4.03. The number of ether oxygens (including phenoxy) is 1. The van der Waals surface area contributed by atoms with Crippen LogP contribution in [-0.2, 0) is 9.53 Å². The minimum atomic E-state index is -1.03. The third-order valence-corrected chi connectivity index (χ3v) is 2.42. The average molecular weight is 308 g/mol. The normalized spacial score (nSPS) is 10.0. The van der Waals surface area contributed by atoms with Gasteiger partial charge in [-0.2, -0.15) is 0 Å². The zero-order valence-corrected chi connectivity index (χ0v) is 10.9. The molecule has 1 aromatic carbocycles. The molecule has 0 aliphatic rings. The lowest BCUT2D eigenvalue weighted by Crippen LogP contribution is -2.20. The molecule has 0 atom stereocenters. The van der Waals surface area contributed by atoms with E-state index in [2.05, 4.69) is 14.5 Å². The number of furan rings is 1. The lowest BCUT2D eigenvalue weighted by atomic mass is 10.3. The number of benzene rings is 1. The molecular formula is C13H9FN2O6. The molecule has 0 aliphatic carbocycles. The van der Waals surface area contributed by atoms with Crippen LogP contribution in [0, 0.1) is 15.9 Å². The van der Waals surface area contributed by atoms with Crippen molar-refractivity contribution in [3.05, 3.63) is 58.1 Å². The largest absolute Gasteiger partial charge is 0.450 e. The van der Waals surface area contributed by atoms with Crippen LogP contribution in [-0.4, -0.2) is 23.4 Å². The van der Waals surface area contributed by atoms with Crippen LogP contribution < -0.4 is 5.32 Å². The number of nitro groups is 1. The standard InChI is InChI=1S/C13H9FN2O6/c14-8-2-1-3-9(6-8)15-11(17)7-21-13(18)10-4-5-12(22-10)16(19)20/h1-6H,7H2,(H,15,17). The monoisotopic (exact) mass is 308 g/mol. The van der Waals surface area contributed by atoms with Gasteiger partial charge in [0.1, 0.15) is 10.7 Å². The fourth-order valence-corrected chi connectivity index (χ4v) is 1.50. The number of amides is 1. The van der Waals surface area contributed by atoms with E-state index < -0.39 is 40.9 Å². The van der Waals surface area contributed by atoms with E-state index in [9.17, 15) is 24.1 Å². The van der Waals surface area contributed by atoms with Crippen molar-refractivity contribution < 1.29 is 28.1 Å². The van der Waals surface area contributed by atoms with Crippen LogP contribution in [0.2, 0.25) is 0 Å². The molecule has 2 rings (SSSR count). The molecule has 1 N–H and O–H groups in total. The molecule has 2 aromatic rings. The van der Waals surface area contributed by atoms with Gasteiger partial charge in [-0.15, -0.1) is 0 Å². The van der Waals surface area contributed by atoms with Crippen LogP contribution in [0.1, 0.15) is 10.6 Å². The smallest absolute Gasteiger partial charge is 0.433 e. The fraction of sp³-hybridized carbons (Fsp3) is 0.0769. The van der Waals surface area contributed by atoms with E-state index in [1.807, 2.05) is 0 Å². The van der Waals surface area contributed by atoms with E-state index in [4.69, 9.17) is 0 Å². The van der Waals surface area contributed by atoms with Crippen molar-refractivity contribution in [3.8, 4) is 0 Å². The molecule has 0 bridgehead atoms. The van der Waals surface area contributed by atoms with Crippen molar-refractivity contribution >= 4 is 23.4 Å². The number of nitrogens with one attached hydrogen (secondary N) is 1. The Morgan fingerprint density at radius 2 is 2.09 bits per heavy atom. The van der Waals surface area contributed by atoms with Gasteiger partial charge in [0, 0.05) is 5.69 Å². The molecule has 0 radical (unpaired) electrons. The Labute approximate surface area is 122 Å². The molecule has 1 amide bonds. The molecule has 1 heterocycles. The van der Waals surface area contributed by atoms with Gasteiger partial charge in [0.2, 0.25) is 5.76 Å². The quantitative estimate of drug-likeness (QED) is 0.514. The number of carbonyl (C=O) groups is 2. The van der Waals surface area contributed by atoms with Gasteiger partial charge in [-0.1, -0.05) is 6.07 Å². The van der Waals surface area contributed by atoms with E-state index in [-0.39, 0.29) is 5.69 Å². The lowest BCUT2D eigenvalue weighted by molar-refractivity contribution is -0.402. The van der Waals surface area contributed by atoms with Crippen molar-refractivity contribution in [2.75, 3.05) is 11.9 Å². The van der Waals surface area contributed by atoms with Gasteiger partial charge in [0.05, 0.1) is 6.07 Å². The third-order valence-electron chi connectivity index (χ3n) is 2.42. The Kier molecular flexibility index (Phi) is 4.47. The van der Waals surface area contributed by atoms with Crippen LogP contribution in [0.3, 0.4) is 0 Å². The molecule has 0 unspecified atom stereocenters. The molecular weight excluding hydrogens is 299 g/mol. The summed E-state index contributed by atoms with van der Waals surface area (Å²) in [7, 11) is 0. The van der Waals surface area contributed by atoms with Crippen molar-refractivity contribution in [2.24, 2.45) is 0 Å². The Hall–Kier alpha value is -3.23. The highest BCUT2D eigenvalue weighted by molar-refractivity contribution is 5.94. The number of hydrogen-bond acceptors (Lipinski definition) is 6. The molecule has 0 aliphatic heterocycles. The van der Waals surface area contributed by atoms with Gasteiger partial charge >= 0.3 is 11.9 Å². The number of carbonyl (C=O) groups excluding carboxylic acids is 2. The number of nitrogens with zero attached hydrogens (tertiary/aromatic N) is 1. The van der Waals surface area contributed by atoms with E-state index in [0.717, 1.165) is 18.2 Å². The maximum Gasteiger partial charge on any atom is 0.433 e. The SMILES string of the molecule is O=C(COC(=O)c1ccc([N+](=O)[O-])o1)Nc1cccc(F)c1. The van der Waals surface area contributed by atoms with Gasteiger partial charge < -0.3 is 14.5 Å². The summed E-state index contributed by atoms with van der Waals surface area (Å²) in [6.07, 6.45) is 0. The first-order chi connectivity index (χ1) is 10.5. The lowest BCUT2D eigenvalue weighted by Gasteiger charge is -2.05. The van der Waals surface area contributed by atoms with Crippen LogP contribution >= 0.6 is 0 Å². The number of hydrogen-bond donors (Lipinski definition) is 1. The van der Waals surface area contributed by atoms with Crippen LogP contribution in [0.5, 0.6) is 0 Å². The van der Waals surface area contributed by atoms with Crippen molar-refractivity contribution in [2.45, 2.75) is 0 Å². The van der Waals surface area contributed by atoms with Crippen molar-refractivity contribution in [1.29, 1.82) is 0 Å². The summed E-state index contributed by atoms with van der Waals surface area (Å²) in [5, 5.41) is 12.7. The fourth-order valence-electron chi connectivity index (χ4n) is 1.50. The summed E-state index contributed by atoms with van der Waals surface area (Å²) in [6, 6.07) is 7.21. The highest BCUT2D eigenvalue weighted by Crippen LogP contribution is 2.16. The zero-order chi connectivity index (χ0) is 16.1. The predicted octanol–water partition coefficient (Wildman–Crippen LogP) is 2.12. The maximum atomic E-state index is 12.9. The molecule has 22 heavy (non-hydrogen) atoms. The van der Waals surface area contributed by atoms with Crippen LogP contribution in [0.25, 0.3) is 0 Å². The molecule has 8 nitrogen and oxygen atoms in total. The Balaban J connectivity index is 1.87. The van der Waals surface area contributed by atoms with Crippen LogP contribution in [0.4, 0.5) is 16.0 Å². The number of anilines is 1. The van der Waals surface area contributed by atoms with Gasteiger partial charge in [-0.05, 0) is 24.3 Å². The first-order valence-corrected chi connectivity index (χ1v) is 5.92. The maximum absolute atomic E-state index is 12.9. The second-order valence-corrected chi connectivity index (χ2v) is 4.03. The molecule has 9 heteroatoms. The highest BCUT2D eigenvalue weighted by Gasteiger charge is 2.19. The minimum absolute atomic E-state index is 0.203. The summed E-state index contributed by atoms with van der Waals surface area (Å²) in [4.78, 5) is 32.6. The first-order valence-electron chi connectivity index (χ1n) is 5.92. The zero-order valence-electron chi connectivity index (χ0n) is 10.9. The molecule has 0 saturated heterocycles. The van der Waals surface area contributed by atoms with Gasteiger partial charge in [0.25, 0.3) is 5.91 Å². The Bertz CT molecular complexity index is 727. The molecule has 114 valence electrons. The van der Waals surface area contributed by atoms with E-state index in [0.29, 0.717) is 0 Å². The topological polar surface area (TPSA) is 112 Å². The summed E-state index contributed by atoms with van der Waals surface area (Å²) in [6.45, 7) is -0.649. The third kappa shape index (κ3) is 3.88. The molecule has 1 aromatic heterocycles. The number of esters is 1. The van der Waals surface area contributed by atoms with Crippen molar-refractivity contribution in [1.82, 2.24) is 0 Å². The summed E-state index contributed by atoms with van der Waals surface area (Å²) in [5.41, 5.74) is 0.203. The van der Waals surface area contributed by atoms with Gasteiger partial charge in [0.15, 0.2) is 6.61 Å². The first kappa shape index (κ1) is 15.2. The minimum Gasteiger partial charge on any atom is -0.450 e. The summed E-state index contributed by atoms with van der Waals surface area (Å²) < 4.78 is 22.2. The molecule has 0 fully saturated rings. The van der Waals surface area contributed by atoms with E-state index >= 15 is 0 Å². The Morgan fingerprint density at radius 1 is 1.32 bits per heavy atom. The molecule has 0 spiro atoms. The van der Waals surface area contributed by atoms with Crippen LogP contribution in [0.15, 0.2) is 40.8 Å². The second kappa shape index (κ2) is 6.48. The summed E-state index contributed by atoms with van der Waals surface area (Å²) >= 11 is 0. The van der Waals surface area contributed by atoms with E-state index in [1.165, 1.54) is 18.2 Å². The Morgan fingerprint density at radius 3 is 2.73 bits per heavy atom.